The van der Waals surface area contributed by atoms with Crippen LogP contribution in [-0.4, -0.2) is 38.5 Å². The first-order valence-electron chi connectivity index (χ1n) is 6.30. The van der Waals surface area contributed by atoms with Gasteiger partial charge in [0.2, 0.25) is 5.12 Å². The van der Waals surface area contributed by atoms with Gasteiger partial charge in [-0.25, -0.2) is 0 Å². The molecule has 0 aromatic carbocycles. The number of hydrogen-bond donors (Lipinski definition) is 0. The fraction of sp³-hybridized carbons (Fsp3) is 0.769. The van der Waals surface area contributed by atoms with Crippen molar-refractivity contribution in [1.82, 2.24) is 0 Å². The fourth-order valence-corrected chi connectivity index (χ4v) is 6.31. The van der Waals surface area contributed by atoms with E-state index in [9.17, 15) is 4.79 Å². The number of hydrogen-bond acceptors (Lipinski definition) is 5. The normalized spacial score (nSPS) is 19.1. The molecule has 1 rings (SSSR count). The Kier molecular flexibility index (Phi) is 9.91. The topological polar surface area (TPSA) is 17.1 Å². The van der Waals surface area contributed by atoms with Gasteiger partial charge in [-0.1, -0.05) is 18.3 Å². The van der Waals surface area contributed by atoms with E-state index in [1.807, 2.05) is 11.8 Å². The van der Waals surface area contributed by atoms with Gasteiger partial charge < -0.3 is 0 Å². The van der Waals surface area contributed by atoms with Crippen molar-refractivity contribution in [1.29, 1.82) is 0 Å². The predicted octanol–water partition coefficient (Wildman–Crippen LogP) is 4.53. The van der Waals surface area contributed by atoms with Crippen LogP contribution in [0.3, 0.4) is 0 Å². The standard InChI is InChI=1S/C13H22OS4/c1-11(2)13(14)17-8-4-7-15-6-3-5-12-9-16-10-18-12/h12H,1,3-10H2,2H3. The van der Waals surface area contributed by atoms with E-state index >= 15 is 0 Å². The molecular formula is C13H22OS4. The Labute approximate surface area is 128 Å². The quantitative estimate of drug-likeness (QED) is 0.457. The molecule has 0 saturated carbocycles. The maximum Gasteiger partial charge on any atom is 0.214 e. The third-order valence-electron chi connectivity index (χ3n) is 2.52. The van der Waals surface area contributed by atoms with Gasteiger partial charge in [0, 0.05) is 21.8 Å². The summed E-state index contributed by atoms with van der Waals surface area (Å²) in [5.41, 5.74) is 0.666. The van der Waals surface area contributed by atoms with Gasteiger partial charge in [0.1, 0.15) is 0 Å². The molecule has 1 aliphatic rings. The number of carbonyl (C=O) groups excluding carboxylic acids is 1. The van der Waals surface area contributed by atoms with Gasteiger partial charge in [-0.3, -0.25) is 4.79 Å². The minimum atomic E-state index is 0.149. The van der Waals surface area contributed by atoms with Crippen molar-refractivity contribution in [2.45, 2.75) is 31.4 Å². The van der Waals surface area contributed by atoms with Crippen molar-refractivity contribution >= 4 is 52.2 Å². The zero-order valence-electron chi connectivity index (χ0n) is 11.0. The Morgan fingerprint density at radius 1 is 1.33 bits per heavy atom. The van der Waals surface area contributed by atoms with E-state index in [1.165, 1.54) is 46.9 Å². The molecule has 1 unspecified atom stereocenters. The van der Waals surface area contributed by atoms with Gasteiger partial charge in [-0.15, -0.1) is 23.5 Å². The molecule has 1 atom stereocenters. The summed E-state index contributed by atoms with van der Waals surface area (Å²) in [5, 5.41) is 2.36. The third-order valence-corrected chi connectivity index (χ3v) is 7.71. The monoisotopic (exact) mass is 322 g/mol. The first-order chi connectivity index (χ1) is 8.70. The zero-order valence-corrected chi connectivity index (χ0v) is 14.2. The van der Waals surface area contributed by atoms with Gasteiger partial charge in [-0.05, 0) is 43.3 Å². The number of carbonyl (C=O) groups is 1. The molecule has 0 aliphatic carbocycles. The lowest BCUT2D eigenvalue weighted by molar-refractivity contribution is -0.107. The second-order valence-electron chi connectivity index (χ2n) is 4.30. The van der Waals surface area contributed by atoms with Crippen LogP contribution in [0.4, 0.5) is 0 Å². The molecule has 18 heavy (non-hydrogen) atoms. The second kappa shape index (κ2) is 10.6. The number of rotatable bonds is 9. The first kappa shape index (κ1) is 16.9. The first-order valence-corrected chi connectivity index (χ1v) is 10.6. The third kappa shape index (κ3) is 8.08. The Morgan fingerprint density at radius 3 is 2.78 bits per heavy atom. The van der Waals surface area contributed by atoms with Crippen LogP contribution in [0, 0.1) is 0 Å². The molecule has 0 spiro atoms. The van der Waals surface area contributed by atoms with Crippen molar-refractivity contribution in [2.24, 2.45) is 0 Å². The highest BCUT2D eigenvalue weighted by atomic mass is 32.2. The highest BCUT2D eigenvalue weighted by Crippen LogP contribution is 2.32. The molecule has 104 valence electrons. The van der Waals surface area contributed by atoms with Crippen molar-refractivity contribution in [2.75, 3.05) is 28.1 Å². The lowest BCUT2D eigenvalue weighted by atomic mass is 10.3. The van der Waals surface area contributed by atoms with E-state index in [2.05, 4.69) is 30.1 Å². The number of thioether (sulfide) groups is 4. The van der Waals surface area contributed by atoms with E-state index in [0.717, 1.165) is 17.4 Å². The average molecular weight is 323 g/mol. The van der Waals surface area contributed by atoms with Crippen LogP contribution in [-0.2, 0) is 4.79 Å². The van der Waals surface area contributed by atoms with Crippen LogP contribution >= 0.6 is 47.0 Å². The molecule has 0 aromatic rings. The van der Waals surface area contributed by atoms with E-state index in [-0.39, 0.29) is 5.12 Å². The maximum atomic E-state index is 11.3. The van der Waals surface area contributed by atoms with Crippen LogP contribution in [0.5, 0.6) is 0 Å². The Morgan fingerprint density at radius 2 is 2.11 bits per heavy atom. The molecule has 0 N–H and O–H groups in total. The Hall–Kier alpha value is 0.810. The minimum absolute atomic E-state index is 0.149. The molecule has 0 radical (unpaired) electrons. The maximum absolute atomic E-state index is 11.3. The van der Waals surface area contributed by atoms with Crippen LogP contribution in [0.1, 0.15) is 26.2 Å². The summed E-state index contributed by atoms with van der Waals surface area (Å²) in [4.78, 5) is 11.3. The summed E-state index contributed by atoms with van der Waals surface area (Å²) in [6.07, 6.45) is 3.86. The molecule has 0 aromatic heterocycles. The summed E-state index contributed by atoms with van der Waals surface area (Å²) < 4.78 is 0. The lowest BCUT2D eigenvalue weighted by Crippen LogP contribution is -2.01. The molecule has 1 fully saturated rings. The van der Waals surface area contributed by atoms with Gasteiger partial charge >= 0.3 is 0 Å². The SMILES string of the molecule is C=C(C)C(=O)SCCCSCCCC1CSCS1. The highest BCUT2D eigenvalue weighted by molar-refractivity contribution is 8.19. The molecule has 0 bridgehead atoms. The summed E-state index contributed by atoms with van der Waals surface area (Å²) >= 11 is 7.65. The summed E-state index contributed by atoms with van der Waals surface area (Å²) in [6, 6.07) is 0. The van der Waals surface area contributed by atoms with E-state index in [1.54, 1.807) is 6.92 Å². The largest absolute Gasteiger partial charge is 0.282 e. The Balaban J connectivity index is 1.81. The summed E-state index contributed by atoms with van der Waals surface area (Å²) in [7, 11) is 0. The molecule has 0 amide bonds. The van der Waals surface area contributed by atoms with Gasteiger partial charge in [0.05, 0.1) is 0 Å². The minimum Gasteiger partial charge on any atom is -0.282 e. The highest BCUT2D eigenvalue weighted by Gasteiger charge is 2.14. The zero-order chi connectivity index (χ0) is 13.2. The van der Waals surface area contributed by atoms with E-state index < -0.39 is 0 Å². The Bertz CT molecular complexity index is 262. The molecule has 1 aliphatic heterocycles. The molecule has 1 nitrogen and oxygen atoms in total. The molecule has 1 heterocycles. The van der Waals surface area contributed by atoms with Crippen LogP contribution in [0.25, 0.3) is 0 Å². The van der Waals surface area contributed by atoms with Crippen molar-refractivity contribution < 1.29 is 4.79 Å². The molecular weight excluding hydrogens is 300 g/mol. The van der Waals surface area contributed by atoms with E-state index in [0.29, 0.717) is 5.57 Å². The lowest BCUT2D eigenvalue weighted by Gasteiger charge is -2.06. The summed E-state index contributed by atoms with van der Waals surface area (Å²) in [5.74, 6) is 4.76. The van der Waals surface area contributed by atoms with Crippen LogP contribution in [0.2, 0.25) is 0 Å². The van der Waals surface area contributed by atoms with Crippen molar-refractivity contribution in [3.8, 4) is 0 Å². The van der Waals surface area contributed by atoms with Crippen molar-refractivity contribution in [3.05, 3.63) is 12.2 Å². The van der Waals surface area contributed by atoms with Crippen molar-refractivity contribution in [3.63, 3.8) is 0 Å². The predicted molar refractivity (Wildman–Crippen MR) is 92.2 cm³/mol. The van der Waals surface area contributed by atoms with Gasteiger partial charge in [0.15, 0.2) is 0 Å². The van der Waals surface area contributed by atoms with E-state index in [4.69, 9.17) is 0 Å². The molecule has 5 heteroatoms. The molecule has 1 saturated heterocycles. The second-order valence-corrected chi connectivity index (χ2v) is 9.28. The fourth-order valence-electron chi connectivity index (χ4n) is 1.50. The summed E-state index contributed by atoms with van der Waals surface area (Å²) in [6.45, 7) is 5.43. The van der Waals surface area contributed by atoms with Gasteiger partial charge in [-0.2, -0.15) is 11.8 Å². The van der Waals surface area contributed by atoms with Crippen LogP contribution in [0.15, 0.2) is 12.2 Å². The smallest absolute Gasteiger partial charge is 0.214 e. The van der Waals surface area contributed by atoms with Gasteiger partial charge in [0.25, 0.3) is 0 Å². The average Bonchev–Trinajstić information content (AvgIpc) is 2.85. The van der Waals surface area contributed by atoms with Crippen LogP contribution < -0.4 is 0 Å².